The van der Waals surface area contributed by atoms with Crippen molar-refractivity contribution >= 4 is 11.7 Å². The third kappa shape index (κ3) is 3.41. The van der Waals surface area contributed by atoms with Crippen LogP contribution < -0.4 is 4.90 Å². The van der Waals surface area contributed by atoms with Crippen LogP contribution in [0.15, 0.2) is 36.4 Å². The average Bonchev–Trinajstić information content (AvgIpc) is 2.81. The zero-order valence-electron chi connectivity index (χ0n) is 15.8. The summed E-state index contributed by atoms with van der Waals surface area (Å²) < 4.78 is 4.82. The number of hydrogen-bond acceptors (Lipinski definition) is 3. The minimum atomic E-state index is -0.196. The fraction of sp³-hybridized carbons (Fsp3) is 0.409. The minimum Gasteiger partial charge on any atom is -0.469 e. The predicted molar refractivity (Wildman–Crippen MR) is 102 cm³/mol. The second kappa shape index (κ2) is 6.55. The summed E-state index contributed by atoms with van der Waals surface area (Å²) in [6.07, 6.45) is 0.321. The largest absolute Gasteiger partial charge is 0.469 e. The van der Waals surface area contributed by atoms with Gasteiger partial charge in [0.2, 0.25) is 0 Å². The van der Waals surface area contributed by atoms with Crippen LogP contribution in [0, 0.1) is 13.8 Å². The highest BCUT2D eigenvalue weighted by molar-refractivity contribution is 5.74. The van der Waals surface area contributed by atoms with Gasteiger partial charge in [-0.15, -0.1) is 0 Å². The highest BCUT2D eigenvalue weighted by Crippen LogP contribution is 2.42. The molecule has 2 aromatic rings. The van der Waals surface area contributed by atoms with Gasteiger partial charge >= 0.3 is 5.97 Å². The molecule has 1 aliphatic rings. The summed E-state index contributed by atoms with van der Waals surface area (Å²) in [4.78, 5) is 14.1. The molecule has 0 aliphatic carbocycles. The first-order chi connectivity index (χ1) is 11.8. The van der Waals surface area contributed by atoms with Crippen molar-refractivity contribution in [2.24, 2.45) is 0 Å². The molecule has 0 saturated heterocycles. The zero-order valence-corrected chi connectivity index (χ0v) is 15.8. The van der Waals surface area contributed by atoms with Crippen LogP contribution in [0.2, 0.25) is 0 Å². The van der Waals surface area contributed by atoms with Gasteiger partial charge in [-0.25, -0.2) is 0 Å². The molecule has 0 radical (unpaired) electrons. The fourth-order valence-corrected chi connectivity index (χ4v) is 3.84. The van der Waals surface area contributed by atoms with Crippen LogP contribution in [0.3, 0.4) is 0 Å². The molecule has 0 atom stereocenters. The summed E-state index contributed by atoms with van der Waals surface area (Å²) in [6.45, 7) is 10.8. The van der Waals surface area contributed by atoms with E-state index in [1.165, 1.54) is 35.1 Å². The van der Waals surface area contributed by atoms with Gasteiger partial charge in [-0.3, -0.25) is 4.79 Å². The number of esters is 1. The number of methoxy groups -OCH3 is 1. The molecule has 0 unspecified atom stereocenters. The first-order valence-corrected chi connectivity index (χ1v) is 8.82. The summed E-state index contributed by atoms with van der Waals surface area (Å²) in [5, 5.41) is 0. The third-order valence-corrected chi connectivity index (χ3v) is 5.29. The molecule has 0 fully saturated rings. The number of rotatable bonds is 4. The molecule has 0 amide bonds. The normalized spacial score (nSPS) is 15.2. The molecule has 0 bridgehead atoms. The number of anilines is 1. The van der Waals surface area contributed by atoms with Crippen LogP contribution in [0.1, 0.15) is 41.7 Å². The van der Waals surface area contributed by atoms with Crippen molar-refractivity contribution < 1.29 is 9.53 Å². The molecule has 0 saturated carbocycles. The van der Waals surface area contributed by atoms with Crippen molar-refractivity contribution in [3.63, 3.8) is 0 Å². The molecule has 1 heterocycles. The number of ether oxygens (including phenoxy) is 1. The Balaban J connectivity index is 1.96. The van der Waals surface area contributed by atoms with Crippen LogP contribution in [0.4, 0.5) is 5.69 Å². The number of aryl methyl sites for hydroxylation is 2. The Morgan fingerprint density at radius 1 is 1.16 bits per heavy atom. The van der Waals surface area contributed by atoms with E-state index in [0.29, 0.717) is 6.42 Å². The molecular weight excluding hydrogens is 310 g/mol. The summed E-state index contributed by atoms with van der Waals surface area (Å²) >= 11 is 0. The van der Waals surface area contributed by atoms with Crippen molar-refractivity contribution in [3.05, 3.63) is 64.2 Å². The van der Waals surface area contributed by atoms with E-state index >= 15 is 0 Å². The van der Waals surface area contributed by atoms with Gasteiger partial charge in [-0.2, -0.15) is 0 Å². The molecule has 3 nitrogen and oxygen atoms in total. The van der Waals surface area contributed by atoms with Crippen LogP contribution in [0.5, 0.6) is 0 Å². The quantitative estimate of drug-likeness (QED) is 0.778. The van der Waals surface area contributed by atoms with Crippen LogP contribution in [-0.2, 0) is 27.9 Å². The highest BCUT2D eigenvalue weighted by Gasteiger charge is 2.35. The second-order valence-corrected chi connectivity index (χ2v) is 7.71. The third-order valence-electron chi connectivity index (χ3n) is 5.29. The molecule has 3 heteroatoms. The Morgan fingerprint density at radius 3 is 2.48 bits per heavy atom. The number of carbonyl (C=O) groups is 1. The van der Waals surface area contributed by atoms with Gasteiger partial charge in [0, 0.05) is 24.2 Å². The summed E-state index contributed by atoms with van der Waals surface area (Å²) in [7, 11) is 1.44. The first-order valence-electron chi connectivity index (χ1n) is 8.82. The SMILES string of the molecule is COC(=O)Cc1ccc2c(c1)N(Cc1c(C)cccc1C)CC2(C)C. The summed E-state index contributed by atoms with van der Waals surface area (Å²) in [5.74, 6) is -0.196. The van der Waals surface area contributed by atoms with Gasteiger partial charge < -0.3 is 9.64 Å². The lowest BCUT2D eigenvalue weighted by atomic mass is 9.86. The van der Waals surface area contributed by atoms with Gasteiger partial charge in [0.05, 0.1) is 13.5 Å². The Morgan fingerprint density at radius 2 is 1.84 bits per heavy atom. The van der Waals surface area contributed by atoms with Crippen molar-refractivity contribution in [1.29, 1.82) is 0 Å². The van der Waals surface area contributed by atoms with Crippen LogP contribution in [-0.4, -0.2) is 19.6 Å². The van der Waals surface area contributed by atoms with E-state index in [-0.39, 0.29) is 11.4 Å². The Hall–Kier alpha value is -2.29. The lowest BCUT2D eigenvalue weighted by Crippen LogP contribution is -2.28. The number of nitrogens with zero attached hydrogens (tertiary/aromatic N) is 1. The van der Waals surface area contributed by atoms with Gasteiger partial charge in [0.25, 0.3) is 0 Å². The maximum Gasteiger partial charge on any atom is 0.309 e. The van der Waals surface area contributed by atoms with Crippen molar-refractivity contribution in [2.75, 3.05) is 18.6 Å². The van der Waals surface area contributed by atoms with Crippen LogP contribution in [0.25, 0.3) is 0 Å². The molecule has 0 N–H and O–H groups in total. The Labute approximate surface area is 150 Å². The van der Waals surface area contributed by atoms with Gasteiger partial charge in [-0.05, 0) is 47.7 Å². The number of carbonyl (C=O) groups excluding carboxylic acids is 1. The lowest BCUT2D eigenvalue weighted by Gasteiger charge is -2.24. The van der Waals surface area contributed by atoms with E-state index in [9.17, 15) is 4.79 Å². The van der Waals surface area contributed by atoms with Crippen molar-refractivity contribution in [3.8, 4) is 0 Å². The maximum absolute atomic E-state index is 11.6. The van der Waals surface area contributed by atoms with E-state index < -0.39 is 0 Å². The molecule has 132 valence electrons. The monoisotopic (exact) mass is 337 g/mol. The van der Waals surface area contributed by atoms with Gasteiger partial charge in [0.1, 0.15) is 0 Å². The summed E-state index contributed by atoms with van der Waals surface area (Å²) in [6, 6.07) is 12.9. The maximum atomic E-state index is 11.6. The van der Waals surface area contributed by atoms with E-state index in [0.717, 1.165) is 18.7 Å². The summed E-state index contributed by atoms with van der Waals surface area (Å²) in [5.41, 5.74) is 7.77. The van der Waals surface area contributed by atoms with E-state index in [4.69, 9.17) is 4.74 Å². The smallest absolute Gasteiger partial charge is 0.309 e. The first kappa shape index (κ1) is 17.5. The predicted octanol–water partition coefficient (Wildman–Crippen LogP) is 4.32. The van der Waals surface area contributed by atoms with Crippen LogP contribution >= 0.6 is 0 Å². The average molecular weight is 337 g/mol. The molecule has 2 aromatic carbocycles. The lowest BCUT2D eigenvalue weighted by molar-refractivity contribution is -0.139. The Kier molecular flexibility index (Phi) is 4.59. The minimum absolute atomic E-state index is 0.107. The number of benzene rings is 2. The van der Waals surface area contributed by atoms with Gasteiger partial charge in [-0.1, -0.05) is 44.2 Å². The second-order valence-electron chi connectivity index (χ2n) is 7.71. The molecule has 0 spiro atoms. The topological polar surface area (TPSA) is 29.5 Å². The molecule has 1 aliphatic heterocycles. The molecule has 0 aromatic heterocycles. The fourth-order valence-electron chi connectivity index (χ4n) is 3.84. The number of fused-ring (bicyclic) bond motifs is 1. The van der Waals surface area contributed by atoms with Crippen molar-refractivity contribution in [1.82, 2.24) is 0 Å². The van der Waals surface area contributed by atoms with Crippen molar-refractivity contribution in [2.45, 2.75) is 46.1 Å². The number of hydrogen-bond donors (Lipinski definition) is 0. The highest BCUT2D eigenvalue weighted by atomic mass is 16.5. The standard InChI is InChI=1S/C22H27NO2/c1-15-7-6-8-16(2)18(15)13-23-14-22(3,4)19-10-9-17(11-20(19)23)12-21(24)25-5/h6-11H,12-14H2,1-5H3. The van der Waals surface area contributed by atoms with E-state index in [1.807, 2.05) is 0 Å². The molecule has 3 rings (SSSR count). The van der Waals surface area contributed by atoms with Gasteiger partial charge in [0.15, 0.2) is 0 Å². The molecular formula is C22H27NO2. The van der Waals surface area contributed by atoms with E-state index in [2.05, 4.69) is 69.0 Å². The van der Waals surface area contributed by atoms with E-state index in [1.54, 1.807) is 0 Å². The Bertz CT molecular complexity index is 787. The molecule has 25 heavy (non-hydrogen) atoms. The zero-order chi connectivity index (χ0) is 18.2.